The van der Waals surface area contributed by atoms with Crippen molar-refractivity contribution in [2.75, 3.05) is 6.54 Å². The van der Waals surface area contributed by atoms with Crippen LogP contribution in [-0.4, -0.2) is 6.54 Å². The Labute approximate surface area is 126 Å². The maximum Gasteiger partial charge on any atom is 0.145 e. The van der Waals surface area contributed by atoms with Crippen molar-refractivity contribution >= 4 is 33.7 Å². The molecular formula is C16H14ClNOS. The molecule has 0 aliphatic rings. The number of rotatable bonds is 4. The Morgan fingerprint density at radius 2 is 1.85 bits per heavy atom. The molecule has 3 rings (SSSR count). The van der Waals surface area contributed by atoms with E-state index < -0.39 is 0 Å². The normalized spacial score (nSPS) is 12.5. The fourth-order valence-electron chi connectivity index (χ4n) is 2.18. The van der Waals surface area contributed by atoms with Gasteiger partial charge in [-0.2, -0.15) is 0 Å². The van der Waals surface area contributed by atoms with Gasteiger partial charge in [0.25, 0.3) is 0 Å². The van der Waals surface area contributed by atoms with Crippen molar-refractivity contribution < 1.29 is 4.74 Å². The minimum atomic E-state index is -0.168. The van der Waals surface area contributed by atoms with Crippen molar-refractivity contribution in [1.29, 1.82) is 0 Å². The van der Waals surface area contributed by atoms with Gasteiger partial charge in [0.15, 0.2) is 0 Å². The molecule has 1 heterocycles. The van der Waals surface area contributed by atoms with Gasteiger partial charge in [0.2, 0.25) is 0 Å². The maximum absolute atomic E-state index is 6.10. The Morgan fingerprint density at radius 1 is 1.05 bits per heavy atom. The van der Waals surface area contributed by atoms with E-state index in [0.29, 0.717) is 6.54 Å². The van der Waals surface area contributed by atoms with Crippen LogP contribution in [0.2, 0.25) is 4.34 Å². The van der Waals surface area contributed by atoms with E-state index >= 15 is 0 Å². The van der Waals surface area contributed by atoms with Gasteiger partial charge >= 0.3 is 0 Å². The summed E-state index contributed by atoms with van der Waals surface area (Å²) in [5.74, 6) is 0.850. The molecule has 102 valence electrons. The molecule has 0 fully saturated rings. The summed E-state index contributed by atoms with van der Waals surface area (Å²) in [6.45, 7) is 0.417. The average molecular weight is 304 g/mol. The third kappa shape index (κ3) is 2.66. The minimum absolute atomic E-state index is 0.168. The average Bonchev–Trinajstić information content (AvgIpc) is 2.91. The van der Waals surface area contributed by atoms with Crippen molar-refractivity contribution in [1.82, 2.24) is 0 Å². The lowest BCUT2D eigenvalue weighted by atomic mass is 10.1. The molecule has 1 unspecified atom stereocenters. The van der Waals surface area contributed by atoms with Crippen LogP contribution in [0.3, 0.4) is 0 Å². The van der Waals surface area contributed by atoms with E-state index in [1.807, 2.05) is 36.4 Å². The smallest absolute Gasteiger partial charge is 0.145 e. The first-order chi connectivity index (χ1) is 9.78. The van der Waals surface area contributed by atoms with Gasteiger partial charge in [-0.25, -0.2) is 0 Å². The van der Waals surface area contributed by atoms with Crippen LogP contribution in [0.4, 0.5) is 0 Å². The summed E-state index contributed by atoms with van der Waals surface area (Å²) >= 11 is 7.49. The van der Waals surface area contributed by atoms with Crippen LogP contribution in [0, 0.1) is 0 Å². The van der Waals surface area contributed by atoms with E-state index in [2.05, 4.69) is 18.2 Å². The predicted octanol–water partition coefficient (Wildman–Crippen LogP) is 4.63. The molecule has 0 aliphatic heterocycles. The first kappa shape index (κ1) is 13.4. The highest BCUT2D eigenvalue weighted by Gasteiger charge is 2.15. The Hall–Kier alpha value is -1.55. The SMILES string of the molecule is NCC(Oc1cccc2ccccc12)c1ccc(Cl)s1. The predicted molar refractivity (Wildman–Crippen MR) is 85.7 cm³/mol. The summed E-state index contributed by atoms with van der Waals surface area (Å²) in [5.41, 5.74) is 5.84. The number of hydrogen-bond donors (Lipinski definition) is 1. The highest BCUT2D eigenvalue weighted by Crippen LogP contribution is 2.33. The van der Waals surface area contributed by atoms with Gasteiger partial charge < -0.3 is 10.5 Å². The Balaban J connectivity index is 1.95. The summed E-state index contributed by atoms with van der Waals surface area (Å²) in [5, 5.41) is 2.25. The van der Waals surface area contributed by atoms with Crippen molar-refractivity contribution in [3.63, 3.8) is 0 Å². The molecule has 20 heavy (non-hydrogen) atoms. The lowest BCUT2D eigenvalue weighted by molar-refractivity contribution is 0.221. The van der Waals surface area contributed by atoms with Crippen LogP contribution in [0.5, 0.6) is 5.75 Å². The van der Waals surface area contributed by atoms with Gasteiger partial charge in [-0.15, -0.1) is 11.3 Å². The zero-order valence-corrected chi connectivity index (χ0v) is 12.3. The molecule has 0 bridgehead atoms. The summed E-state index contributed by atoms with van der Waals surface area (Å²) < 4.78 is 6.85. The maximum atomic E-state index is 6.10. The number of benzene rings is 2. The van der Waals surface area contributed by atoms with E-state index in [0.717, 1.165) is 25.7 Å². The van der Waals surface area contributed by atoms with Gasteiger partial charge in [-0.3, -0.25) is 0 Å². The molecule has 0 spiro atoms. The van der Waals surface area contributed by atoms with E-state index in [1.165, 1.54) is 11.3 Å². The molecule has 0 aliphatic carbocycles. The van der Waals surface area contributed by atoms with Gasteiger partial charge in [0.1, 0.15) is 11.9 Å². The number of halogens is 1. The van der Waals surface area contributed by atoms with Crippen LogP contribution in [0.25, 0.3) is 10.8 Å². The molecule has 0 saturated carbocycles. The minimum Gasteiger partial charge on any atom is -0.483 e. The van der Waals surface area contributed by atoms with Crippen molar-refractivity contribution in [2.24, 2.45) is 5.73 Å². The zero-order chi connectivity index (χ0) is 13.9. The van der Waals surface area contributed by atoms with E-state index in [1.54, 1.807) is 0 Å². The molecule has 0 saturated heterocycles. The Morgan fingerprint density at radius 3 is 2.60 bits per heavy atom. The summed E-state index contributed by atoms with van der Waals surface area (Å²) in [7, 11) is 0. The summed E-state index contributed by atoms with van der Waals surface area (Å²) in [4.78, 5) is 1.05. The van der Waals surface area contributed by atoms with Crippen LogP contribution in [-0.2, 0) is 0 Å². The molecule has 4 heteroatoms. The van der Waals surface area contributed by atoms with Gasteiger partial charge in [-0.1, -0.05) is 48.0 Å². The van der Waals surface area contributed by atoms with Crippen LogP contribution < -0.4 is 10.5 Å². The fraction of sp³-hybridized carbons (Fsp3) is 0.125. The lowest BCUT2D eigenvalue weighted by Gasteiger charge is -2.17. The molecular weight excluding hydrogens is 290 g/mol. The number of fused-ring (bicyclic) bond motifs is 1. The highest BCUT2D eigenvalue weighted by molar-refractivity contribution is 7.16. The van der Waals surface area contributed by atoms with Gasteiger partial charge in [0.05, 0.1) is 4.34 Å². The van der Waals surface area contributed by atoms with E-state index in [9.17, 15) is 0 Å². The Bertz CT molecular complexity index is 720. The fourth-order valence-corrected chi connectivity index (χ4v) is 3.28. The second-order valence-electron chi connectivity index (χ2n) is 4.46. The second kappa shape index (κ2) is 5.83. The first-order valence-electron chi connectivity index (χ1n) is 6.37. The van der Waals surface area contributed by atoms with E-state index in [-0.39, 0.29) is 6.10 Å². The number of hydrogen-bond acceptors (Lipinski definition) is 3. The standard InChI is InChI=1S/C16H14ClNOS/c17-16-9-8-15(20-16)14(10-18)19-13-7-3-5-11-4-1-2-6-12(11)13/h1-9,14H,10,18H2. The van der Waals surface area contributed by atoms with Crippen LogP contribution >= 0.6 is 22.9 Å². The zero-order valence-electron chi connectivity index (χ0n) is 10.8. The number of nitrogens with two attached hydrogens (primary N) is 1. The van der Waals surface area contributed by atoms with Crippen molar-refractivity contribution in [3.8, 4) is 5.75 Å². The largest absolute Gasteiger partial charge is 0.483 e. The van der Waals surface area contributed by atoms with Crippen LogP contribution in [0.15, 0.2) is 54.6 Å². The summed E-state index contributed by atoms with van der Waals surface area (Å²) in [6, 6.07) is 18.0. The third-order valence-corrected chi connectivity index (χ3v) is 4.47. The molecule has 0 radical (unpaired) electrons. The van der Waals surface area contributed by atoms with E-state index in [4.69, 9.17) is 22.1 Å². The number of ether oxygens (including phenoxy) is 1. The molecule has 2 N–H and O–H groups in total. The highest BCUT2D eigenvalue weighted by atomic mass is 35.5. The monoisotopic (exact) mass is 303 g/mol. The first-order valence-corrected chi connectivity index (χ1v) is 7.57. The van der Waals surface area contributed by atoms with Crippen molar-refractivity contribution in [2.45, 2.75) is 6.10 Å². The molecule has 0 amide bonds. The lowest BCUT2D eigenvalue weighted by Crippen LogP contribution is -2.17. The topological polar surface area (TPSA) is 35.2 Å². The Kier molecular flexibility index (Phi) is 3.92. The second-order valence-corrected chi connectivity index (χ2v) is 6.21. The molecule has 2 nitrogen and oxygen atoms in total. The molecule has 1 aromatic heterocycles. The van der Waals surface area contributed by atoms with Gasteiger partial charge in [-0.05, 0) is 23.6 Å². The summed E-state index contributed by atoms with van der Waals surface area (Å²) in [6.07, 6.45) is -0.168. The van der Waals surface area contributed by atoms with Crippen molar-refractivity contribution in [3.05, 3.63) is 63.8 Å². The molecule has 3 aromatic rings. The molecule has 2 aromatic carbocycles. The van der Waals surface area contributed by atoms with Crippen LogP contribution in [0.1, 0.15) is 11.0 Å². The van der Waals surface area contributed by atoms with Gasteiger partial charge in [0, 0.05) is 16.8 Å². The third-order valence-electron chi connectivity index (χ3n) is 3.14. The molecule has 1 atom stereocenters. The quantitative estimate of drug-likeness (QED) is 0.762. The number of thiophene rings is 1.